The minimum absolute atomic E-state index is 0.164. The van der Waals surface area contributed by atoms with Gasteiger partial charge in [-0.15, -0.1) is 0 Å². The number of carbonyl (C=O) groups is 1. The Labute approximate surface area is 116 Å². The normalized spacial score (nSPS) is 20.4. The molecule has 2 aromatic carbocycles. The molecule has 3 rings (SSSR count). The molecule has 20 heavy (non-hydrogen) atoms. The van der Waals surface area contributed by atoms with E-state index in [2.05, 4.69) is 17.4 Å². The molecular formula is C16H14FNO2. The lowest BCUT2D eigenvalue weighted by molar-refractivity contribution is 0.0693. The van der Waals surface area contributed by atoms with E-state index in [1.807, 2.05) is 18.2 Å². The van der Waals surface area contributed by atoms with Gasteiger partial charge in [0.1, 0.15) is 11.4 Å². The number of rotatable bonds is 4. The molecule has 102 valence electrons. The first kappa shape index (κ1) is 12.7. The summed E-state index contributed by atoms with van der Waals surface area (Å²) in [6.07, 6.45) is 0.930. The van der Waals surface area contributed by atoms with Crippen LogP contribution in [0.15, 0.2) is 48.5 Å². The zero-order valence-electron chi connectivity index (χ0n) is 10.7. The summed E-state index contributed by atoms with van der Waals surface area (Å²) < 4.78 is 13.6. The van der Waals surface area contributed by atoms with Crippen LogP contribution in [0.25, 0.3) is 0 Å². The number of hydrogen-bond donors (Lipinski definition) is 2. The molecule has 2 aromatic rings. The van der Waals surface area contributed by atoms with Gasteiger partial charge in [0.2, 0.25) is 0 Å². The molecule has 1 saturated carbocycles. The summed E-state index contributed by atoms with van der Waals surface area (Å²) in [5.74, 6) is -1.59. The van der Waals surface area contributed by atoms with Crippen molar-refractivity contribution in [3.8, 4) is 0 Å². The Morgan fingerprint density at radius 2 is 1.90 bits per heavy atom. The van der Waals surface area contributed by atoms with Crippen molar-refractivity contribution in [2.45, 2.75) is 18.4 Å². The van der Waals surface area contributed by atoms with Crippen LogP contribution in [0.3, 0.4) is 0 Å². The van der Waals surface area contributed by atoms with Gasteiger partial charge in [-0.05, 0) is 24.1 Å². The number of benzene rings is 2. The predicted molar refractivity (Wildman–Crippen MR) is 74.6 cm³/mol. The van der Waals surface area contributed by atoms with Gasteiger partial charge in [-0.2, -0.15) is 0 Å². The van der Waals surface area contributed by atoms with Gasteiger partial charge >= 0.3 is 5.97 Å². The first-order chi connectivity index (χ1) is 9.66. The molecule has 0 spiro atoms. The number of carboxylic acids is 1. The summed E-state index contributed by atoms with van der Waals surface area (Å²) in [5.41, 5.74) is 1.28. The third-order valence-corrected chi connectivity index (χ3v) is 3.59. The SMILES string of the molecule is O=C(O)c1c(F)cccc1NC1CC1c1ccccc1. The van der Waals surface area contributed by atoms with Crippen LogP contribution in [0.4, 0.5) is 10.1 Å². The minimum Gasteiger partial charge on any atom is -0.478 e. The third kappa shape index (κ3) is 2.37. The highest BCUT2D eigenvalue weighted by Gasteiger charge is 2.38. The lowest BCUT2D eigenvalue weighted by Crippen LogP contribution is -2.11. The average Bonchev–Trinajstić information content (AvgIpc) is 3.18. The van der Waals surface area contributed by atoms with Gasteiger partial charge < -0.3 is 10.4 Å². The fourth-order valence-corrected chi connectivity index (χ4v) is 2.48. The Hall–Kier alpha value is -2.36. The van der Waals surface area contributed by atoms with Crippen LogP contribution >= 0.6 is 0 Å². The Bertz CT molecular complexity index is 642. The van der Waals surface area contributed by atoms with Crippen molar-refractivity contribution in [3.05, 3.63) is 65.5 Å². The first-order valence-corrected chi connectivity index (χ1v) is 6.50. The topological polar surface area (TPSA) is 49.3 Å². The zero-order valence-corrected chi connectivity index (χ0v) is 10.7. The monoisotopic (exact) mass is 271 g/mol. The predicted octanol–water partition coefficient (Wildman–Crippen LogP) is 3.49. The van der Waals surface area contributed by atoms with E-state index in [0.29, 0.717) is 11.6 Å². The summed E-state index contributed by atoms with van der Waals surface area (Å²) in [4.78, 5) is 11.1. The average molecular weight is 271 g/mol. The van der Waals surface area contributed by atoms with Crippen molar-refractivity contribution >= 4 is 11.7 Å². The molecule has 1 aliphatic rings. The Balaban J connectivity index is 1.78. The fourth-order valence-electron chi connectivity index (χ4n) is 2.48. The van der Waals surface area contributed by atoms with Gasteiger partial charge in [-0.25, -0.2) is 9.18 Å². The van der Waals surface area contributed by atoms with Crippen LogP contribution in [0.5, 0.6) is 0 Å². The maximum atomic E-state index is 13.6. The maximum Gasteiger partial charge on any atom is 0.340 e. The molecule has 2 N–H and O–H groups in total. The first-order valence-electron chi connectivity index (χ1n) is 6.50. The van der Waals surface area contributed by atoms with Gasteiger partial charge in [0.15, 0.2) is 0 Å². The van der Waals surface area contributed by atoms with Gasteiger partial charge in [0.25, 0.3) is 0 Å². The van der Waals surface area contributed by atoms with Gasteiger partial charge in [0, 0.05) is 12.0 Å². The summed E-state index contributed by atoms with van der Waals surface area (Å²) >= 11 is 0. The van der Waals surface area contributed by atoms with Crippen molar-refractivity contribution in [2.24, 2.45) is 0 Å². The summed E-state index contributed by atoms with van der Waals surface area (Å²) in [6.45, 7) is 0. The Kier molecular flexibility index (Phi) is 3.14. The molecular weight excluding hydrogens is 257 g/mol. The summed E-state index contributed by atoms with van der Waals surface area (Å²) in [5, 5.41) is 12.2. The third-order valence-electron chi connectivity index (χ3n) is 3.59. The van der Waals surface area contributed by atoms with Crippen LogP contribution in [-0.4, -0.2) is 17.1 Å². The standard InChI is InChI=1S/C16H14FNO2/c17-12-7-4-8-13(15(12)16(19)20)18-14-9-11(14)10-5-2-1-3-6-10/h1-8,11,14,18H,9H2,(H,19,20). The van der Waals surface area contributed by atoms with Crippen LogP contribution in [-0.2, 0) is 0 Å². The number of aromatic carboxylic acids is 1. The second-order valence-electron chi connectivity index (χ2n) is 4.97. The highest BCUT2D eigenvalue weighted by Crippen LogP contribution is 2.43. The van der Waals surface area contributed by atoms with E-state index in [1.165, 1.54) is 11.6 Å². The Morgan fingerprint density at radius 1 is 1.15 bits per heavy atom. The van der Waals surface area contributed by atoms with Crippen molar-refractivity contribution in [3.63, 3.8) is 0 Å². The lowest BCUT2D eigenvalue weighted by atomic mass is 10.1. The van der Waals surface area contributed by atoms with Crippen LogP contribution in [0, 0.1) is 5.82 Å². The quantitative estimate of drug-likeness (QED) is 0.895. The summed E-state index contributed by atoms with van der Waals surface area (Å²) in [7, 11) is 0. The second kappa shape index (κ2) is 4.96. The molecule has 0 amide bonds. The van der Waals surface area contributed by atoms with Crippen molar-refractivity contribution in [2.75, 3.05) is 5.32 Å². The maximum absolute atomic E-state index is 13.6. The molecule has 2 atom stereocenters. The van der Waals surface area contributed by atoms with Crippen LogP contribution < -0.4 is 5.32 Å². The van der Waals surface area contributed by atoms with Gasteiger partial charge in [-0.3, -0.25) is 0 Å². The molecule has 2 unspecified atom stereocenters. The molecule has 3 nitrogen and oxygen atoms in total. The number of hydrogen-bond acceptors (Lipinski definition) is 2. The van der Waals surface area contributed by atoms with Crippen molar-refractivity contribution in [1.29, 1.82) is 0 Å². The number of anilines is 1. The molecule has 1 aliphatic carbocycles. The molecule has 0 aliphatic heterocycles. The van der Waals surface area contributed by atoms with E-state index in [4.69, 9.17) is 5.11 Å². The van der Waals surface area contributed by atoms with Crippen LogP contribution in [0.2, 0.25) is 0 Å². The van der Waals surface area contributed by atoms with E-state index >= 15 is 0 Å². The van der Waals surface area contributed by atoms with Crippen molar-refractivity contribution < 1.29 is 14.3 Å². The lowest BCUT2D eigenvalue weighted by Gasteiger charge is -2.10. The van der Waals surface area contributed by atoms with Crippen LogP contribution in [0.1, 0.15) is 28.3 Å². The second-order valence-corrected chi connectivity index (χ2v) is 4.97. The number of halogens is 1. The molecule has 0 aromatic heterocycles. The van der Waals surface area contributed by atoms with Gasteiger partial charge in [-0.1, -0.05) is 36.4 Å². The van der Waals surface area contributed by atoms with Crippen molar-refractivity contribution in [1.82, 2.24) is 0 Å². The minimum atomic E-state index is -1.25. The van der Waals surface area contributed by atoms with E-state index in [-0.39, 0.29) is 11.6 Å². The van der Waals surface area contributed by atoms with E-state index in [0.717, 1.165) is 12.5 Å². The molecule has 4 heteroatoms. The van der Waals surface area contributed by atoms with E-state index in [1.54, 1.807) is 6.07 Å². The highest BCUT2D eigenvalue weighted by molar-refractivity contribution is 5.94. The zero-order chi connectivity index (χ0) is 14.1. The molecule has 0 heterocycles. The fraction of sp³-hybridized carbons (Fsp3) is 0.188. The molecule has 0 radical (unpaired) electrons. The van der Waals surface area contributed by atoms with Gasteiger partial charge in [0.05, 0.1) is 5.69 Å². The Morgan fingerprint density at radius 3 is 2.60 bits per heavy atom. The largest absolute Gasteiger partial charge is 0.478 e. The smallest absolute Gasteiger partial charge is 0.340 e. The molecule has 0 saturated heterocycles. The molecule has 0 bridgehead atoms. The highest BCUT2D eigenvalue weighted by atomic mass is 19.1. The summed E-state index contributed by atoms with van der Waals surface area (Å²) in [6, 6.07) is 14.5. The number of carboxylic acid groups (broad SMARTS) is 1. The number of nitrogens with one attached hydrogen (secondary N) is 1. The van der Waals surface area contributed by atoms with E-state index in [9.17, 15) is 9.18 Å². The molecule has 1 fully saturated rings. The van der Waals surface area contributed by atoms with E-state index < -0.39 is 11.8 Å².